The molecule has 0 aromatic heterocycles. The van der Waals surface area contributed by atoms with Gasteiger partial charge in [-0.1, -0.05) is 19.1 Å². The summed E-state index contributed by atoms with van der Waals surface area (Å²) in [5.41, 5.74) is 1.30. The molecule has 4 aliphatic carbocycles. The van der Waals surface area contributed by atoms with E-state index in [1.54, 1.807) is 12.1 Å². The van der Waals surface area contributed by atoms with Gasteiger partial charge in [-0.2, -0.15) is 0 Å². The Morgan fingerprint density at radius 1 is 1.15 bits per heavy atom. The van der Waals surface area contributed by atoms with Gasteiger partial charge in [-0.25, -0.2) is 0 Å². The minimum atomic E-state index is -1.00. The number of hydrogen-bond acceptors (Lipinski definition) is 8. The number of amides is 1. The minimum absolute atomic E-state index is 0.110. The number of aliphatic hydroxyl groups is 2. The van der Waals surface area contributed by atoms with Crippen LogP contribution in [0.25, 0.3) is 0 Å². The number of ketones is 2. The van der Waals surface area contributed by atoms with Crippen molar-refractivity contribution in [1.29, 1.82) is 0 Å². The highest BCUT2D eigenvalue weighted by Gasteiger charge is 2.71. The van der Waals surface area contributed by atoms with Gasteiger partial charge in [-0.05, 0) is 91.4 Å². The predicted molar refractivity (Wildman–Crippen MR) is 149 cm³/mol. The normalized spacial score (nSPS) is 38.0. The van der Waals surface area contributed by atoms with Crippen LogP contribution in [0.15, 0.2) is 34.7 Å². The Bertz CT molecular complexity index is 1230. The molecular formula is C31H39NO7S. The third kappa shape index (κ3) is 4.35. The third-order valence-electron chi connectivity index (χ3n) is 10.9. The number of allylic oxidation sites excluding steroid dienone is 1. The van der Waals surface area contributed by atoms with E-state index in [1.165, 1.54) is 11.8 Å². The number of benzene rings is 1. The van der Waals surface area contributed by atoms with Crippen molar-refractivity contribution < 1.29 is 34.4 Å². The summed E-state index contributed by atoms with van der Waals surface area (Å²) >= 11 is 1.35. The van der Waals surface area contributed by atoms with Gasteiger partial charge >= 0.3 is 0 Å². The Morgan fingerprint density at radius 3 is 2.67 bits per heavy atom. The fourth-order valence-electron chi connectivity index (χ4n) is 9.27. The number of phenolic OH excluding ortho intramolecular Hbond substituents is 1. The molecule has 9 heteroatoms. The molecule has 216 valence electrons. The molecule has 4 N–H and O–H groups in total. The summed E-state index contributed by atoms with van der Waals surface area (Å²) in [6.45, 7) is 2.23. The van der Waals surface area contributed by atoms with Crippen molar-refractivity contribution in [3.8, 4) is 5.75 Å². The Labute approximate surface area is 238 Å². The number of carbonyl (C=O) groups excluding carboxylic acids is 3. The molecule has 0 radical (unpaired) electrons. The zero-order valence-electron chi connectivity index (χ0n) is 22.9. The number of fused-ring (bicyclic) bond motifs is 6. The molecule has 8 atom stereocenters. The molecule has 1 aromatic carbocycles. The molecule has 4 fully saturated rings. The molecular weight excluding hydrogens is 530 g/mol. The lowest BCUT2D eigenvalue weighted by Crippen LogP contribution is -2.56. The molecule has 8 nitrogen and oxygen atoms in total. The summed E-state index contributed by atoms with van der Waals surface area (Å²) in [6.07, 6.45) is 4.46. The van der Waals surface area contributed by atoms with Crippen molar-refractivity contribution in [2.24, 2.45) is 34.5 Å². The number of aromatic hydroxyl groups is 1. The molecule has 3 saturated carbocycles. The van der Waals surface area contributed by atoms with Crippen molar-refractivity contribution in [3.63, 3.8) is 0 Å². The molecule has 1 saturated heterocycles. The quantitative estimate of drug-likeness (QED) is 0.375. The monoisotopic (exact) mass is 569 g/mol. The molecule has 40 heavy (non-hydrogen) atoms. The second kappa shape index (κ2) is 10.6. The van der Waals surface area contributed by atoms with E-state index in [1.807, 2.05) is 12.1 Å². The van der Waals surface area contributed by atoms with Crippen LogP contribution in [-0.4, -0.2) is 64.1 Å². The van der Waals surface area contributed by atoms with Crippen LogP contribution in [0.5, 0.6) is 5.75 Å². The SMILES string of the molecule is C[C@]12CCC(=O)C(SCC(=O)NCCc3ccc(O)cc3)=C1CCC1C3CC[C@H](C(=O)CO)[C@@]34CC(OC4O)C12. The van der Waals surface area contributed by atoms with Gasteiger partial charge in [0.05, 0.1) is 16.8 Å². The van der Waals surface area contributed by atoms with Crippen molar-refractivity contribution in [2.75, 3.05) is 18.9 Å². The first-order valence-corrected chi connectivity index (χ1v) is 15.6. The maximum absolute atomic E-state index is 13.2. The van der Waals surface area contributed by atoms with Crippen molar-refractivity contribution in [3.05, 3.63) is 40.3 Å². The fourth-order valence-corrected chi connectivity index (χ4v) is 10.4. The second-order valence-corrected chi connectivity index (χ2v) is 13.6. The van der Waals surface area contributed by atoms with Gasteiger partial charge in [0, 0.05) is 24.3 Å². The lowest BCUT2D eigenvalue weighted by Gasteiger charge is -2.57. The van der Waals surface area contributed by atoms with Crippen LogP contribution in [0.3, 0.4) is 0 Å². The smallest absolute Gasteiger partial charge is 0.230 e. The summed E-state index contributed by atoms with van der Waals surface area (Å²) in [7, 11) is 0. The first kappa shape index (κ1) is 27.9. The molecule has 1 spiro atoms. The number of carbonyl (C=O) groups is 3. The van der Waals surface area contributed by atoms with Crippen LogP contribution in [0.2, 0.25) is 0 Å². The zero-order chi connectivity index (χ0) is 28.2. The second-order valence-electron chi connectivity index (χ2n) is 12.6. The van der Waals surface area contributed by atoms with E-state index in [0.717, 1.165) is 41.7 Å². The summed E-state index contributed by atoms with van der Waals surface area (Å²) < 4.78 is 6.28. The Balaban J connectivity index is 1.18. The summed E-state index contributed by atoms with van der Waals surface area (Å²) in [4.78, 5) is 39.3. The van der Waals surface area contributed by atoms with Crippen LogP contribution in [0.4, 0.5) is 0 Å². The minimum Gasteiger partial charge on any atom is -0.508 e. The third-order valence-corrected chi connectivity index (χ3v) is 12.1. The number of rotatable bonds is 8. The number of aliphatic hydroxyl groups excluding tert-OH is 2. The van der Waals surface area contributed by atoms with E-state index >= 15 is 0 Å². The van der Waals surface area contributed by atoms with Gasteiger partial charge in [0.25, 0.3) is 0 Å². The lowest BCUT2D eigenvalue weighted by molar-refractivity contribution is -0.160. The Hall–Kier alpha value is -2.20. The van der Waals surface area contributed by atoms with E-state index in [0.29, 0.717) is 38.1 Å². The number of ether oxygens (including phenoxy) is 1. The largest absolute Gasteiger partial charge is 0.508 e. The van der Waals surface area contributed by atoms with Gasteiger partial charge < -0.3 is 25.4 Å². The molecule has 1 aliphatic heterocycles. The van der Waals surface area contributed by atoms with Crippen LogP contribution in [-0.2, 0) is 25.5 Å². The highest BCUT2D eigenvalue weighted by atomic mass is 32.2. The number of phenols is 1. The summed E-state index contributed by atoms with van der Waals surface area (Å²) in [5.74, 6) is 0.457. The van der Waals surface area contributed by atoms with E-state index in [9.17, 15) is 29.7 Å². The van der Waals surface area contributed by atoms with E-state index in [-0.39, 0.29) is 58.2 Å². The summed E-state index contributed by atoms with van der Waals surface area (Å²) in [5, 5.41) is 33.2. The average molecular weight is 570 g/mol. The standard InChI is InChI=1S/C31H39NO7S/c1-30-12-10-23(35)28(40-16-26(37)32-13-11-17-2-4-18(34)5-3-17)22(30)7-6-19-20-8-9-21(24(36)15-33)31(20)14-25(27(19)30)39-29(31)38/h2-5,19-21,25,27,29,33-34,38H,6-16H2,1H3,(H,32,37)/t19?,20?,21-,25?,27?,29?,30+,31-/m1/s1. The van der Waals surface area contributed by atoms with Crippen LogP contribution in [0.1, 0.15) is 57.4 Å². The van der Waals surface area contributed by atoms with Crippen LogP contribution < -0.4 is 5.32 Å². The van der Waals surface area contributed by atoms with E-state index in [4.69, 9.17) is 4.74 Å². The number of Topliss-reactive ketones (excluding diaryl/α,β-unsaturated/α-hetero) is 2. The molecule has 1 aromatic rings. The first-order valence-electron chi connectivity index (χ1n) is 14.6. The molecule has 5 aliphatic rings. The first-order chi connectivity index (χ1) is 19.2. The molecule has 5 unspecified atom stereocenters. The number of thioether (sulfide) groups is 1. The number of nitrogens with one attached hydrogen (secondary N) is 1. The maximum atomic E-state index is 13.2. The van der Waals surface area contributed by atoms with Gasteiger partial charge in [-0.15, -0.1) is 11.8 Å². The van der Waals surface area contributed by atoms with E-state index < -0.39 is 18.3 Å². The molecule has 1 heterocycles. The highest BCUT2D eigenvalue weighted by Crippen LogP contribution is 2.71. The van der Waals surface area contributed by atoms with Gasteiger partial charge in [0.1, 0.15) is 12.4 Å². The highest BCUT2D eigenvalue weighted by molar-refractivity contribution is 8.04. The Morgan fingerprint density at radius 2 is 1.93 bits per heavy atom. The van der Waals surface area contributed by atoms with E-state index in [2.05, 4.69) is 12.2 Å². The topological polar surface area (TPSA) is 133 Å². The zero-order valence-corrected chi connectivity index (χ0v) is 23.8. The van der Waals surface area contributed by atoms with Crippen LogP contribution in [0, 0.1) is 34.5 Å². The van der Waals surface area contributed by atoms with Gasteiger partial charge in [-0.3, -0.25) is 14.4 Å². The lowest BCUT2D eigenvalue weighted by atomic mass is 9.46. The van der Waals surface area contributed by atoms with Crippen LogP contribution >= 0.6 is 11.8 Å². The maximum Gasteiger partial charge on any atom is 0.230 e. The molecule has 6 rings (SSSR count). The molecule has 1 amide bonds. The Kier molecular flexibility index (Phi) is 7.38. The predicted octanol–water partition coefficient (Wildman–Crippen LogP) is 3.13. The summed E-state index contributed by atoms with van der Waals surface area (Å²) in [6, 6.07) is 6.92. The molecule has 2 bridgehead atoms. The van der Waals surface area contributed by atoms with Crippen molar-refractivity contribution in [2.45, 2.75) is 70.7 Å². The fraction of sp³-hybridized carbons (Fsp3) is 0.645. The van der Waals surface area contributed by atoms with Crippen molar-refractivity contribution >= 4 is 29.2 Å². The van der Waals surface area contributed by atoms with Gasteiger partial charge in [0.15, 0.2) is 17.9 Å². The number of hydrogen-bond donors (Lipinski definition) is 4. The average Bonchev–Trinajstić information content (AvgIpc) is 3.47. The van der Waals surface area contributed by atoms with Gasteiger partial charge in [0.2, 0.25) is 5.91 Å². The van der Waals surface area contributed by atoms with Crippen molar-refractivity contribution in [1.82, 2.24) is 5.32 Å².